The maximum Gasteiger partial charge on any atom is 0.321 e. The van der Waals surface area contributed by atoms with Gasteiger partial charge in [-0.15, -0.1) is 0 Å². The van der Waals surface area contributed by atoms with Gasteiger partial charge in [-0.3, -0.25) is 4.79 Å². The molecule has 0 radical (unpaired) electrons. The van der Waals surface area contributed by atoms with E-state index in [-0.39, 0.29) is 23.9 Å². The van der Waals surface area contributed by atoms with Crippen LogP contribution in [-0.2, 0) is 4.79 Å². The van der Waals surface area contributed by atoms with Crippen molar-refractivity contribution >= 4 is 17.6 Å². The number of hydrogen-bond acceptors (Lipinski definition) is 2. The predicted octanol–water partition coefficient (Wildman–Crippen LogP) is 5.06. The zero-order valence-corrected chi connectivity index (χ0v) is 18.4. The van der Waals surface area contributed by atoms with Gasteiger partial charge in [-0.25, -0.2) is 4.79 Å². The molecule has 160 valence electrons. The lowest BCUT2D eigenvalue weighted by Gasteiger charge is -2.33. The number of hydrogen-bond donors (Lipinski definition) is 2. The molecule has 0 aliphatic carbocycles. The third kappa shape index (κ3) is 5.41. The second-order valence-corrected chi connectivity index (χ2v) is 8.65. The minimum absolute atomic E-state index is 0.00125. The summed E-state index contributed by atoms with van der Waals surface area (Å²) in [6.07, 6.45) is 1.37. The van der Waals surface area contributed by atoms with Crippen molar-refractivity contribution in [3.63, 3.8) is 0 Å². The van der Waals surface area contributed by atoms with Gasteiger partial charge in [0.25, 0.3) is 0 Å². The highest BCUT2D eigenvalue weighted by Gasteiger charge is 2.29. The summed E-state index contributed by atoms with van der Waals surface area (Å²) in [5, 5.41) is 6.23. The quantitative estimate of drug-likeness (QED) is 0.728. The summed E-state index contributed by atoms with van der Waals surface area (Å²) >= 11 is 0. The van der Waals surface area contributed by atoms with Crippen molar-refractivity contribution < 1.29 is 9.59 Å². The van der Waals surface area contributed by atoms with E-state index in [1.54, 1.807) is 4.90 Å². The van der Waals surface area contributed by atoms with E-state index >= 15 is 0 Å². The van der Waals surface area contributed by atoms with Gasteiger partial charge < -0.3 is 15.5 Å². The molecule has 0 saturated carbocycles. The summed E-state index contributed by atoms with van der Waals surface area (Å²) in [6, 6.07) is 15.9. The molecular weight excluding hydrogens is 374 g/mol. The standard InChI is InChI=1S/C25H33N3O2/c1-17(2)23(22-11-6-5-9-19(22)4)27-24(29)20-12-14-28(15-13-20)25(30)26-21-10-7-8-18(3)16-21/h5-11,16-17,20,23H,12-15H2,1-4H3,(H,26,30)(H,27,29). The van der Waals surface area contributed by atoms with Gasteiger partial charge in [0.15, 0.2) is 0 Å². The molecule has 3 rings (SSSR count). The Hall–Kier alpha value is -2.82. The van der Waals surface area contributed by atoms with E-state index < -0.39 is 0 Å². The van der Waals surface area contributed by atoms with Crippen LogP contribution >= 0.6 is 0 Å². The Morgan fingerprint density at radius 1 is 1.00 bits per heavy atom. The number of benzene rings is 2. The van der Waals surface area contributed by atoms with Crippen molar-refractivity contribution in [3.8, 4) is 0 Å². The van der Waals surface area contributed by atoms with E-state index in [9.17, 15) is 9.59 Å². The third-order valence-electron chi connectivity index (χ3n) is 5.91. The highest BCUT2D eigenvalue weighted by molar-refractivity contribution is 5.89. The molecule has 1 heterocycles. The van der Waals surface area contributed by atoms with Crippen molar-refractivity contribution in [1.29, 1.82) is 0 Å². The summed E-state index contributed by atoms with van der Waals surface area (Å²) in [5.41, 5.74) is 4.28. The van der Waals surface area contributed by atoms with Crippen LogP contribution in [0, 0.1) is 25.7 Å². The third-order valence-corrected chi connectivity index (χ3v) is 5.91. The molecule has 1 fully saturated rings. The summed E-state index contributed by atoms with van der Waals surface area (Å²) in [7, 11) is 0. The largest absolute Gasteiger partial charge is 0.349 e. The zero-order valence-electron chi connectivity index (χ0n) is 18.4. The van der Waals surface area contributed by atoms with Gasteiger partial charge in [-0.1, -0.05) is 50.2 Å². The molecule has 1 saturated heterocycles. The van der Waals surface area contributed by atoms with Crippen LogP contribution in [0.25, 0.3) is 0 Å². The lowest BCUT2D eigenvalue weighted by atomic mass is 9.90. The van der Waals surface area contributed by atoms with Crippen LogP contribution in [0.3, 0.4) is 0 Å². The molecule has 1 unspecified atom stereocenters. The minimum atomic E-state index is -0.0978. The van der Waals surface area contributed by atoms with Crippen molar-refractivity contribution in [2.75, 3.05) is 18.4 Å². The minimum Gasteiger partial charge on any atom is -0.349 e. The molecule has 30 heavy (non-hydrogen) atoms. The monoisotopic (exact) mass is 407 g/mol. The molecular formula is C25H33N3O2. The molecule has 1 atom stereocenters. The number of likely N-dealkylation sites (tertiary alicyclic amines) is 1. The highest BCUT2D eigenvalue weighted by atomic mass is 16.2. The van der Waals surface area contributed by atoms with Crippen LogP contribution in [-0.4, -0.2) is 29.9 Å². The number of nitrogens with one attached hydrogen (secondary N) is 2. The molecule has 2 aromatic rings. The maximum absolute atomic E-state index is 13.0. The Labute approximate surface area is 179 Å². The van der Waals surface area contributed by atoms with Crippen LogP contribution in [0.15, 0.2) is 48.5 Å². The smallest absolute Gasteiger partial charge is 0.321 e. The predicted molar refractivity (Wildman–Crippen MR) is 121 cm³/mol. The zero-order chi connectivity index (χ0) is 21.7. The molecule has 5 heteroatoms. The second kappa shape index (κ2) is 9.79. The fourth-order valence-electron chi connectivity index (χ4n) is 4.08. The number of rotatable bonds is 5. The van der Waals surface area contributed by atoms with Crippen molar-refractivity contribution in [2.45, 2.75) is 46.6 Å². The van der Waals surface area contributed by atoms with Crippen molar-refractivity contribution in [1.82, 2.24) is 10.2 Å². The molecule has 2 N–H and O–H groups in total. The Morgan fingerprint density at radius 3 is 2.33 bits per heavy atom. The van der Waals surface area contributed by atoms with Gasteiger partial charge in [0, 0.05) is 24.7 Å². The van der Waals surface area contributed by atoms with Crippen LogP contribution in [0.2, 0.25) is 0 Å². The molecule has 0 bridgehead atoms. The van der Waals surface area contributed by atoms with Gasteiger partial charge in [-0.2, -0.15) is 0 Å². The number of carbonyl (C=O) groups is 2. The van der Waals surface area contributed by atoms with Crippen molar-refractivity contribution in [3.05, 3.63) is 65.2 Å². The molecule has 0 spiro atoms. The lowest BCUT2D eigenvalue weighted by molar-refractivity contribution is -0.127. The first-order valence-electron chi connectivity index (χ1n) is 10.8. The average molecular weight is 408 g/mol. The summed E-state index contributed by atoms with van der Waals surface area (Å²) in [4.78, 5) is 27.3. The number of aryl methyl sites for hydroxylation is 2. The number of nitrogens with zero attached hydrogens (tertiary/aromatic N) is 1. The van der Waals surface area contributed by atoms with E-state index in [2.05, 4.69) is 43.5 Å². The Bertz CT molecular complexity index is 885. The molecule has 5 nitrogen and oxygen atoms in total. The first kappa shape index (κ1) is 21.9. The van der Waals surface area contributed by atoms with Crippen LogP contribution < -0.4 is 10.6 Å². The van der Waals surface area contributed by atoms with E-state index in [1.807, 2.05) is 43.3 Å². The molecule has 2 aromatic carbocycles. The average Bonchev–Trinajstić information content (AvgIpc) is 2.72. The molecule has 0 aromatic heterocycles. The Balaban J connectivity index is 1.55. The van der Waals surface area contributed by atoms with Gasteiger partial charge >= 0.3 is 6.03 Å². The molecule has 3 amide bonds. The number of carbonyl (C=O) groups excluding carboxylic acids is 2. The SMILES string of the molecule is Cc1cccc(NC(=O)N2CCC(C(=O)NC(c3ccccc3C)C(C)C)CC2)c1. The number of anilines is 1. The fraction of sp³-hybridized carbons (Fsp3) is 0.440. The van der Waals surface area contributed by atoms with Gasteiger partial charge in [0.05, 0.1) is 6.04 Å². The first-order chi connectivity index (χ1) is 14.3. The van der Waals surface area contributed by atoms with E-state index in [1.165, 1.54) is 11.1 Å². The van der Waals surface area contributed by atoms with Crippen LogP contribution in [0.4, 0.5) is 10.5 Å². The number of urea groups is 1. The normalized spacial score (nSPS) is 15.7. The number of amides is 3. The van der Waals surface area contributed by atoms with E-state index in [0.717, 1.165) is 11.3 Å². The van der Waals surface area contributed by atoms with Gasteiger partial charge in [-0.05, 0) is 61.4 Å². The second-order valence-electron chi connectivity index (χ2n) is 8.65. The van der Waals surface area contributed by atoms with Gasteiger partial charge in [0.2, 0.25) is 5.91 Å². The van der Waals surface area contributed by atoms with E-state index in [0.29, 0.717) is 31.8 Å². The lowest BCUT2D eigenvalue weighted by Crippen LogP contribution is -2.45. The summed E-state index contributed by atoms with van der Waals surface area (Å²) < 4.78 is 0. The topological polar surface area (TPSA) is 61.4 Å². The summed E-state index contributed by atoms with van der Waals surface area (Å²) in [6.45, 7) is 9.54. The van der Waals surface area contributed by atoms with E-state index in [4.69, 9.17) is 0 Å². The van der Waals surface area contributed by atoms with Crippen LogP contribution in [0.5, 0.6) is 0 Å². The maximum atomic E-state index is 13.0. The number of piperidine rings is 1. The Morgan fingerprint density at radius 2 is 1.70 bits per heavy atom. The molecule has 1 aliphatic rings. The Kier molecular flexibility index (Phi) is 7.14. The van der Waals surface area contributed by atoms with Gasteiger partial charge in [0.1, 0.15) is 0 Å². The fourth-order valence-corrected chi connectivity index (χ4v) is 4.08. The first-order valence-corrected chi connectivity index (χ1v) is 10.8. The molecule has 1 aliphatic heterocycles. The highest BCUT2D eigenvalue weighted by Crippen LogP contribution is 2.26. The van der Waals surface area contributed by atoms with Crippen LogP contribution in [0.1, 0.15) is 49.4 Å². The van der Waals surface area contributed by atoms with Crippen molar-refractivity contribution in [2.24, 2.45) is 11.8 Å². The summed E-state index contributed by atoms with van der Waals surface area (Å²) in [5.74, 6) is 0.337.